The van der Waals surface area contributed by atoms with E-state index in [9.17, 15) is 9.59 Å². The standard InChI is InChI=1S/C11H12N2O3S/c1-6-8(11(15)16-2)13-10(14)9(12-6)7-4-3-5-17-7/h3-5,9,12H,1-2H3,(H,13,14). The van der Waals surface area contributed by atoms with E-state index >= 15 is 0 Å². The Kier molecular flexibility index (Phi) is 3.14. The van der Waals surface area contributed by atoms with Gasteiger partial charge < -0.3 is 15.4 Å². The van der Waals surface area contributed by atoms with Gasteiger partial charge in [-0.1, -0.05) is 6.07 Å². The Hall–Kier alpha value is -1.82. The van der Waals surface area contributed by atoms with E-state index in [1.54, 1.807) is 6.92 Å². The zero-order valence-electron chi connectivity index (χ0n) is 9.44. The Balaban J connectivity index is 2.26. The molecular formula is C11H12N2O3S. The maximum Gasteiger partial charge on any atom is 0.356 e. The van der Waals surface area contributed by atoms with Gasteiger partial charge >= 0.3 is 5.97 Å². The van der Waals surface area contributed by atoms with Crippen LogP contribution >= 0.6 is 11.3 Å². The van der Waals surface area contributed by atoms with E-state index in [2.05, 4.69) is 15.4 Å². The molecule has 0 bridgehead atoms. The quantitative estimate of drug-likeness (QED) is 0.768. The number of rotatable bonds is 2. The zero-order chi connectivity index (χ0) is 12.4. The molecular weight excluding hydrogens is 240 g/mol. The fraction of sp³-hybridized carbons (Fsp3) is 0.273. The van der Waals surface area contributed by atoms with Crippen LogP contribution in [-0.2, 0) is 14.3 Å². The fourth-order valence-corrected chi connectivity index (χ4v) is 2.38. The molecule has 1 aromatic rings. The van der Waals surface area contributed by atoms with Crippen molar-refractivity contribution < 1.29 is 14.3 Å². The van der Waals surface area contributed by atoms with Crippen LogP contribution in [0.5, 0.6) is 0 Å². The van der Waals surface area contributed by atoms with Crippen molar-refractivity contribution in [3.63, 3.8) is 0 Å². The second-order valence-electron chi connectivity index (χ2n) is 3.57. The highest BCUT2D eigenvalue weighted by Crippen LogP contribution is 2.23. The number of thiophene rings is 1. The SMILES string of the molecule is COC(=O)C1=C(C)NC(c2cccs2)C(=O)N1. The summed E-state index contributed by atoms with van der Waals surface area (Å²) in [6, 6.07) is 3.31. The van der Waals surface area contributed by atoms with Gasteiger partial charge in [0.05, 0.1) is 7.11 Å². The van der Waals surface area contributed by atoms with E-state index in [0.717, 1.165) is 4.88 Å². The second kappa shape index (κ2) is 4.58. The molecule has 1 aliphatic rings. The fourth-order valence-electron chi connectivity index (χ4n) is 1.61. The van der Waals surface area contributed by atoms with Crippen LogP contribution in [0.2, 0.25) is 0 Å². The van der Waals surface area contributed by atoms with Crippen LogP contribution in [0.3, 0.4) is 0 Å². The molecule has 0 aliphatic carbocycles. The molecule has 0 spiro atoms. The number of nitrogens with one attached hydrogen (secondary N) is 2. The van der Waals surface area contributed by atoms with E-state index < -0.39 is 12.0 Å². The van der Waals surface area contributed by atoms with Crippen LogP contribution in [0.4, 0.5) is 0 Å². The third-order valence-electron chi connectivity index (χ3n) is 2.46. The highest BCUT2D eigenvalue weighted by Gasteiger charge is 2.30. The maximum atomic E-state index is 11.9. The Morgan fingerprint density at radius 1 is 1.53 bits per heavy atom. The Morgan fingerprint density at radius 2 is 2.29 bits per heavy atom. The number of hydrogen-bond donors (Lipinski definition) is 2. The summed E-state index contributed by atoms with van der Waals surface area (Å²) >= 11 is 1.49. The highest BCUT2D eigenvalue weighted by atomic mass is 32.1. The molecule has 1 aliphatic heterocycles. The molecule has 0 saturated heterocycles. The molecule has 0 fully saturated rings. The summed E-state index contributed by atoms with van der Waals surface area (Å²) in [5, 5.41) is 7.48. The van der Waals surface area contributed by atoms with Gasteiger partial charge in [-0.25, -0.2) is 4.79 Å². The van der Waals surface area contributed by atoms with Crippen LogP contribution in [0, 0.1) is 0 Å². The second-order valence-corrected chi connectivity index (χ2v) is 4.55. The van der Waals surface area contributed by atoms with Crippen LogP contribution in [0.25, 0.3) is 0 Å². The number of carbonyl (C=O) groups is 2. The molecule has 6 heteroatoms. The van der Waals surface area contributed by atoms with E-state index in [1.165, 1.54) is 18.4 Å². The van der Waals surface area contributed by atoms with Gasteiger partial charge in [0, 0.05) is 10.6 Å². The van der Waals surface area contributed by atoms with Crippen molar-refractivity contribution in [2.75, 3.05) is 7.11 Å². The molecule has 0 saturated carbocycles. The van der Waals surface area contributed by atoms with Crippen molar-refractivity contribution in [2.24, 2.45) is 0 Å². The first kappa shape index (κ1) is 11.7. The summed E-state index contributed by atoms with van der Waals surface area (Å²) in [7, 11) is 1.28. The van der Waals surface area contributed by atoms with Crippen LogP contribution in [-0.4, -0.2) is 19.0 Å². The molecule has 1 unspecified atom stereocenters. The molecule has 2 N–H and O–H groups in total. The highest BCUT2D eigenvalue weighted by molar-refractivity contribution is 7.10. The predicted octanol–water partition coefficient (Wildman–Crippen LogP) is 0.913. The first-order chi connectivity index (χ1) is 8.13. The lowest BCUT2D eigenvalue weighted by Gasteiger charge is -2.25. The van der Waals surface area contributed by atoms with Gasteiger partial charge in [0.15, 0.2) is 0 Å². The Bertz CT molecular complexity index is 479. The molecule has 0 aromatic carbocycles. The molecule has 1 atom stereocenters. The van der Waals surface area contributed by atoms with Crippen LogP contribution in [0.1, 0.15) is 17.8 Å². The van der Waals surface area contributed by atoms with Gasteiger partial charge in [-0.05, 0) is 18.4 Å². The third kappa shape index (κ3) is 2.16. The predicted molar refractivity (Wildman–Crippen MR) is 63.1 cm³/mol. The largest absolute Gasteiger partial charge is 0.464 e. The minimum Gasteiger partial charge on any atom is -0.464 e. The lowest BCUT2D eigenvalue weighted by molar-refractivity contribution is -0.138. The van der Waals surface area contributed by atoms with Crippen LogP contribution in [0.15, 0.2) is 28.9 Å². The third-order valence-corrected chi connectivity index (χ3v) is 3.40. The van der Waals surface area contributed by atoms with Crippen molar-refractivity contribution in [3.8, 4) is 0 Å². The Morgan fingerprint density at radius 3 is 2.88 bits per heavy atom. The van der Waals surface area contributed by atoms with Crippen LogP contribution < -0.4 is 10.6 Å². The van der Waals surface area contributed by atoms with Gasteiger partial charge in [0.2, 0.25) is 0 Å². The van der Waals surface area contributed by atoms with Crippen molar-refractivity contribution in [1.82, 2.24) is 10.6 Å². The summed E-state index contributed by atoms with van der Waals surface area (Å²) in [5.41, 5.74) is 0.778. The average molecular weight is 252 g/mol. The number of esters is 1. The van der Waals surface area contributed by atoms with Gasteiger partial charge in [-0.3, -0.25) is 4.79 Å². The molecule has 2 heterocycles. The van der Waals surface area contributed by atoms with E-state index in [-0.39, 0.29) is 11.6 Å². The average Bonchev–Trinajstić information content (AvgIpc) is 2.84. The summed E-state index contributed by atoms with van der Waals surface area (Å²) in [6.45, 7) is 1.73. The first-order valence-corrected chi connectivity index (χ1v) is 5.91. The number of methoxy groups -OCH3 is 1. The minimum absolute atomic E-state index is 0.172. The summed E-state index contributed by atoms with van der Waals surface area (Å²) in [4.78, 5) is 24.2. The Labute approximate surface area is 102 Å². The lowest BCUT2D eigenvalue weighted by atomic mass is 10.1. The number of ether oxygens (including phenoxy) is 1. The van der Waals surface area contributed by atoms with Gasteiger partial charge in [0.25, 0.3) is 5.91 Å². The summed E-state index contributed by atoms with van der Waals surface area (Å²) < 4.78 is 4.59. The van der Waals surface area contributed by atoms with Crippen molar-refractivity contribution in [1.29, 1.82) is 0 Å². The molecule has 1 aromatic heterocycles. The van der Waals surface area contributed by atoms with E-state index in [0.29, 0.717) is 5.70 Å². The van der Waals surface area contributed by atoms with Crippen molar-refractivity contribution in [2.45, 2.75) is 13.0 Å². The summed E-state index contributed by atoms with van der Waals surface area (Å²) in [5.74, 6) is -0.800. The van der Waals surface area contributed by atoms with Crippen molar-refractivity contribution >= 4 is 23.2 Å². The molecule has 90 valence electrons. The molecule has 0 radical (unpaired) electrons. The van der Waals surface area contributed by atoms with E-state index in [1.807, 2.05) is 17.5 Å². The number of amides is 1. The smallest absolute Gasteiger partial charge is 0.356 e. The number of allylic oxidation sites excluding steroid dienone is 1. The van der Waals surface area contributed by atoms with E-state index in [4.69, 9.17) is 0 Å². The van der Waals surface area contributed by atoms with Crippen molar-refractivity contribution in [3.05, 3.63) is 33.8 Å². The monoisotopic (exact) mass is 252 g/mol. The normalized spacial score (nSPS) is 19.6. The zero-order valence-corrected chi connectivity index (χ0v) is 10.3. The maximum absolute atomic E-state index is 11.9. The lowest BCUT2D eigenvalue weighted by Crippen LogP contribution is -2.44. The van der Waals surface area contributed by atoms with Gasteiger partial charge in [-0.15, -0.1) is 11.3 Å². The molecule has 17 heavy (non-hydrogen) atoms. The first-order valence-electron chi connectivity index (χ1n) is 5.03. The number of hydrogen-bond acceptors (Lipinski definition) is 5. The molecule has 1 amide bonds. The van der Waals surface area contributed by atoms with Gasteiger partial charge in [-0.2, -0.15) is 0 Å². The topological polar surface area (TPSA) is 67.4 Å². The molecule has 5 nitrogen and oxygen atoms in total. The number of carbonyl (C=O) groups excluding carboxylic acids is 2. The van der Waals surface area contributed by atoms with Gasteiger partial charge in [0.1, 0.15) is 11.7 Å². The molecule has 2 rings (SSSR count). The summed E-state index contributed by atoms with van der Waals surface area (Å²) in [6.07, 6.45) is 0. The minimum atomic E-state index is -0.548.